The number of halogens is 1. The van der Waals surface area contributed by atoms with Crippen molar-refractivity contribution in [2.45, 2.75) is 82.8 Å². The van der Waals surface area contributed by atoms with Gasteiger partial charge in [-0.1, -0.05) is 25.5 Å². The van der Waals surface area contributed by atoms with E-state index in [0.717, 1.165) is 54.7 Å². The maximum absolute atomic E-state index is 14.1. The molecular formula is C30H37FN4O4S. The van der Waals surface area contributed by atoms with Crippen molar-refractivity contribution in [3.05, 3.63) is 68.7 Å². The highest BCUT2D eigenvalue weighted by atomic mass is 32.2. The highest BCUT2D eigenvalue weighted by molar-refractivity contribution is 7.99. The Kier molecular flexibility index (Phi) is 9.24. The lowest BCUT2D eigenvalue weighted by Gasteiger charge is -2.31. The molecule has 5 rings (SSSR count). The van der Waals surface area contributed by atoms with Crippen LogP contribution in [-0.4, -0.2) is 44.2 Å². The van der Waals surface area contributed by atoms with Crippen LogP contribution in [0.2, 0.25) is 0 Å². The molecule has 10 heteroatoms. The average Bonchev–Trinajstić information content (AvgIpc) is 2.96. The number of thioether (sulfide) groups is 1. The van der Waals surface area contributed by atoms with Crippen molar-refractivity contribution in [1.82, 2.24) is 19.4 Å². The van der Waals surface area contributed by atoms with Crippen LogP contribution in [0.15, 0.2) is 46.1 Å². The van der Waals surface area contributed by atoms with E-state index in [1.807, 2.05) is 36.0 Å². The molecule has 3 aromatic rings. The Balaban J connectivity index is 1.26. The molecule has 1 N–H and O–H groups in total. The number of ether oxygens (including phenoxy) is 1. The first kappa shape index (κ1) is 28.4. The number of nitrogens with zero attached hydrogens (tertiary/aromatic N) is 3. The van der Waals surface area contributed by atoms with Crippen LogP contribution in [0.5, 0.6) is 5.75 Å². The number of rotatable bonds is 9. The number of aromatic nitrogens is 3. The summed E-state index contributed by atoms with van der Waals surface area (Å²) in [5, 5.41) is 3.27. The molecule has 1 aliphatic heterocycles. The third kappa shape index (κ3) is 6.43. The number of benzene rings is 1. The summed E-state index contributed by atoms with van der Waals surface area (Å²) in [6.07, 6.45) is 7.54. The number of carbonyl (C=O) groups is 1. The van der Waals surface area contributed by atoms with E-state index in [4.69, 9.17) is 4.74 Å². The van der Waals surface area contributed by atoms with E-state index < -0.39 is 11.4 Å². The second-order valence-electron chi connectivity index (χ2n) is 10.8. The summed E-state index contributed by atoms with van der Waals surface area (Å²) in [5.74, 6) is 2.02. The standard InChI is InChI=1S/C30H37FN4O4S/c1-2-3-14-39-25-10-4-20(5-11-25)17-27(36)33-22-6-8-23(9-7-22)35-29(37)26-18-21(31)19-32-28(26)34(30(35)38)24-12-15-40-16-13-24/h4-5,10-11,18-19,22-24H,2-3,6-9,12-17H2,1H3,(H,33,36). The molecule has 1 saturated carbocycles. The van der Waals surface area contributed by atoms with Crippen molar-refractivity contribution < 1.29 is 13.9 Å². The van der Waals surface area contributed by atoms with Gasteiger partial charge in [0.25, 0.3) is 5.56 Å². The predicted octanol–water partition coefficient (Wildman–Crippen LogP) is 4.79. The van der Waals surface area contributed by atoms with Gasteiger partial charge < -0.3 is 10.1 Å². The molecule has 2 aliphatic rings. The minimum Gasteiger partial charge on any atom is -0.494 e. The molecule has 1 aromatic carbocycles. The van der Waals surface area contributed by atoms with Gasteiger partial charge in [-0.05, 0) is 80.2 Å². The van der Waals surface area contributed by atoms with Crippen molar-refractivity contribution in [2.24, 2.45) is 0 Å². The number of pyridine rings is 1. The molecule has 40 heavy (non-hydrogen) atoms. The zero-order valence-electron chi connectivity index (χ0n) is 22.9. The molecular weight excluding hydrogens is 531 g/mol. The number of hydrogen-bond donors (Lipinski definition) is 1. The highest BCUT2D eigenvalue weighted by Crippen LogP contribution is 2.30. The van der Waals surface area contributed by atoms with Crippen molar-refractivity contribution in [3.8, 4) is 5.75 Å². The lowest BCUT2D eigenvalue weighted by molar-refractivity contribution is -0.121. The summed E-state index contributed by atoms with van der Waals surface area (Å²) in [6.45, 7) is 2.81. The number of fused-ring (bicyclic) bond motifs is 1. The molecule has 0 unspecified atom stereocenters. The van der Waals surface area contributed by atoms with Crippen molar-refractivity contribution in [2.75, 3.05) is 18.1 Å². The molecule has 1 aliphatic carbocycles. The SMILES string of the molecule is CCCCOc1ccc(CC(=O)NC2CCC(n3c(=O)c4cc(F)cnc4n(C4CCSCC4)c3=O)CC2)cc1. The maximum atomic E-state index is 14.1. The van der Waals surface area contributed by atoms with Crippen LogP contribution in [0.3, 0.4) is 0 Å². The Hall–Kier alpha value is -3.14. The van der Waals surface area contributed by atoms with Crippen LogP contribution in [0, 0.1) is 5.82 Å². The highest BCUT2D eigenvalue weighted by Gasteiger charge is 2.29. The minimum atomic E-state index is -0.592. The number of unbranched alkanes of at least 4 members (excludes halogenated alkanes) is 1. The van der Waals surface area contributed by atoms with Gasteiger partial charge in [0.05, 0.1) is 24.6 Å². The zero-order chi connectivity index (χ0) is 28.1. The first-order chi connectivity index (χ1) is 19.4. The summed E-state index contributed by atoms with van der Waals surface area (Å²) >= 11 is 1.85. The monoisotopic (exact) mass is 568 g/mol. The van der Waals surface area contributed by atoms with E-state index in [9.17, 15) is 18.8 Å². The summed E-state index contributed by atoms with van der Waals surface area (Å²) in [7, 11) is 0. The molecule has 214 valence electrons. The third-order valence-corrected chi connectivity index (χ3v) is 9.01. The summed E-state index contributed by atoms with van der Waals surface area (Å²) in [5.41, 5.74) is 0.344. The lowest BCUT2D eigenvalue weighted by atomic mass is 9.90. The van der Waals surface area contributed by atoms with Gasteiger partial charge >= 0.3 is 5.69 Å². The number of nitrogens with one attached hydrogen (secondary N) is 1. The Morgan fingerprint density at radius 3 is 2.45 bits per heavy atom. The summed E-state index contributed by atoms with van der Waals surface area (Å²) in [6, 6.07) is 8.43. The molecule has 0 radical (unpaired) electrons. The minimum absolute atomic E-state index is 0.0201. The number of carbonyl (C=O) groups excluding carboxylic acids is 1. The van der Waals surface area contributed by atoms with E-state index in [1.54, 1.807) is 4.57 Å². The summed E-state index contributed by atoms with van der Waals surface area (Å²) in [4.78, 5) is 44.1. The third-order valence-electron chi connectivity index (χ3n) is 7.96. The van der Waals surface area contributed by atoms with E-state index >= 15 is 0 Å². The van der Waals surface area contributed by atoms with Gasteiger partial charge in [-0.25, -0.2) is 14.2 Å². The molecule has 1 saturated heterocycles. The normalized spacial score (nSPS) is 19.9. The van der Waals surface area contributed by atoms with Gasteiger partial charge in [-0.15, -0.1) is 0 Å². The molecule has 1 amide bonds. The zero-order valence-corrected chi connectivity index (χ0v) is 23.8. The van der Waals surface area contributed by atoms with Gasteiger partial charge in [0.15, 0.2) is 0 Å². The fraction of sp³-hybridized carbons (Fsp3) is 0.533. The molecule has 8 nitrogen and oxygen atoms in total. The average molecular weight is 569 g/mol. The number of amides is 1. The number of hydrogen-bond acceptors (Lipinski definition) is 6. The Morgan fingerprint density at radius 2 is 1.75 bits per heavy atom. The molecule has 0 atom stereocenters. The van der Waals surface area contributed by atoms with Crippen molar-refractivity contribution in [3.63, 3.8) is 0 Å². The largest absolute Gasteiger partial charge is 0.494 e. The lowest BCUT2D eigenvalue weighted by Crippen LogP contribution is -2.46. The van der Waals surface area contributed by atoms with Crippen molar-refractivity contribution in [1.29, 1.82) is 0 Å². The van der Waals surface area contributed by atoms with Crippen LogP contribution in [0.1, 0.15) is 75.9 Å². The fourth-order valence-corrected chi connectivity index (χ4v) is 6.86. The van der Waals surface area contributed by atoms with Gasteiger partial charge in [0.2, 0.25) is 5.91 Å². The van der Waals surface area contributed by atoms with Gasteiger partial charge in [0.1, 0.15) is 17.2 Å². The first-order valence-electron chi connectivity index (χ1n) is 14.4. The van der Waals surface area contributed by atoms with E-state index in [1.165, 1.54) is 10.6 Å². The summed E-state index contributed by atoms with van der Waals surface area (Å²) < 4.78 is 22.8. The van der Waals surface area contributed by atoms with Gasteiger partial charge in [-0.2, -0.15) is 11.8 Å². The second-order valence-corrected chi connectivity index (χ2v) is 12.0. The Morgan fingerprint density at radius 1 is 1.05 bits per heavy atom. The first-order valence-corrected chi connectivity index (χ1v) is 15.5. The van der Waals surface area contributed by atoms with Crippen LogP contribution in [-0.2, 0) is 11.2 Å². The topological polar surface area (TPSA) is 95.2 Å². The maximum Gasteiger partial charge on any atom is 0.333 e. The van der Waals surface area contributed by atoms with E-state index in [2.05, 4.69) is 17.2 Å². The van der Waals surface area contributed by atoms with Gasteiger partial charge in [-0.3, -0.25) is 18.7 Å². The predicted molar refractivity (Wildman–Crippen MR) is 156 cm³/mol. The molecule has 3 heterocycles. The molecule has 0 spiro atoms. The van der Waals surface area contributed by atoms with E-state index in [0.29, 0.717) is 32.3 Å². The van der Waals surface area contributed by atoms with E-state index in [-0.39, 0.29) is 47.2 Å². The molecule has 2 aromatic heterocycles. The fourth-order valence-electron chi connectivity index (χ4n) is 5.78. The smallest absolute Gasteiger partial charge is 0.333 e. The Labute approximate surface area is 237 Å². The van der Waals surface area contributed by atoms with Crippen LogP contribution < -0.4 is 21.3 Å². The van der Waals surface area contributed by atoms with Crippen LogP contribution >= 0.6 is 11.8 Å². The molecule has 0 bridgehead atoms. The van der Waals surface area contributed by atoms with Crippen molar-refractivity contribution >= 4 is 28.7 Å². The second kappa shape index (κ2) is 13.0. The van der Waals surface area contributed by atoms with Crippen LogP contribution in [0.4, 0.5) is 4.39 Å². The quantitative estimate of drug-likeness (QED) is 0.373. The van der Waals surface area contributed by atoms with Crippen LogP contribution in [0.25, 0.3) is 11.0 Å². The van der Waals surface area contributed by atoms with Gasteiger partial charge in [0, 0.05) is 18.1 Å². The molecule has 2 fully saturated rings. The Bertz CT molecular complexity index is 1440.